The van der Waals surface area contributed by atoms with Crippen LogP contribution in [-0.2, 0) is 4.79 Å². The van der Waals surface area contributed by atoms with Gasteiger partial charge >= 0.3 is 0 Å². The lowest BCUT2D eigenvalue weighted by Crippen LogP contribution is -2.07. The average Bonchev–Trinajstić information content (AvgIpc) is 2.91. The van der Waals surface area contributed by atoms with Gasteiger partial charge in [-0.3, -0.25) is 10.1 Å². The number of carbonyl (C=O) groups is 1. The van der Waals surface area contributed by atoms with Crippen molar-refractivity contribution in [3.8, 4) is 5.75 Å². The van der Waals surface area contributed by atoms with Crippen molar-refractivity contribution in [2.75, 3.05) is 11.9 Å². The lowest BCUT2D eigenvalue weighted by molar-refractivity contribution is -0.111. The number of rotatable bonds is 5. The maximum Gasteiger partial charge on any atom is 0.250 e. The number of carbonyl (C=O) groups excluding carboxylic acids is 1. The number of hydrogen-bond acceptors (Lipinski definition) is 5. The molecule has 2 rings (SSSR count). The zero-order chi connectivity index (χ0) is 13.5. The zero-order valence-corrected chi connectivity index (χ0v) is 11.2. The molecular formula is C13H13N3O2S. The molecule has 0 aliphatic carbocycles. The van der Waals surface area contributed by atoms with Crippen molar-refractivity contribution in [1.29, 1.82) is 0 Å². The van der Waals surface area contributed by atoms with E-state index < -0.39 is 0 Å². The van der Waals surface area contributed by atoms with Crippen LogP contribution in [0.3, 0.4) is 0 Å². The van der Waals surface area contributed by atoms with Gasteiger partial charge in [0.2, 0.25) is 11.0 Å². The first-order valence-electron chi connectivity index (χ1n) is 5.76. The second-order valence-electron chi connectivity index (χ2n) is 3.57. The van der Waals surface area contributed by atoms with Gasteiger partial charge in [-0.1, -0.05) is 23.5 Å². The highest BCUT2D eigenvalue weighted by molar-refractivity contribution is 7.13. The third-order valence-corrected chi connectivity index (χ3v) is 2.82. The Balaban J connectivity index is 1.92. The third kappa shape index (κ3) is 4.18. The van der Waals surface area contributed by atoms with Crippen molar-refractivity contribution in [3.05, 3.63) is 41.4 Å². The third-order valence-electron chi connectivity index (χ3n) is 2.21. The molecule has 2 aromatic rings. The predicted molar refractivity (Wildman–Crippen MR) is 75.2 cm³/mol. The maximum absolute atomic E-state index is 11.6. The number of anilines is 1. The Morgan fingerprint density at radius 2 is 2.21 bits per heavy atom. The highest BCUT2D eigenvalue weighted by Gasteiger charge is 2.00. The van der Waals surface area contributed by atoms with Crippen molar-refractivity contribution < 1.29 is 9.53 Å². The fraction of sp³-hybridized carbons (Fsp3) is 0.154. The number of nitrogens with zero attached hydrogens (tertiary/aromatic N) is 2. The smallest absolute Gasteiger partial charge is 0.250 e. The Bertz CT molecular complexity index is 550. The van der Waals surface area contributed by atoms with Crippen molar-refractivity contribution in [3.63, 3.8) is 0 Å². The van der Waals surface area contributed by atoms with E-state index >= 15 is 0 Å². The van der Waals surface area contributed by atoms with E-state index in [9.17, 15) is 4.79 Å². The summed E-state index contributed by atoms with van der Waals surface area (Å²) in [5.41, 5.74) is 2.49. The van der Waals surface area contributed by atoms with Crippen LogP contribution >= 0.6 is 11.3 Å². The van der Waals surface area contributed by atoms with E-state index in [4.69, 9.17) is 4.74 Å². The fourth-order valence-corrected chi connectivity index (χ4v) is 1.84. The van der Waals surface area contributed by atoms with Crippen molar-refractivity contribution in [1.82, 2.24) is 10.2 Å². The molecule has 0 aliphatic rings. The molecule has 1 aromatic heterocycles. The standard InChI is InChI=1S/C13H13N3O2S/c1-2-18-11-6-3-10(4-7-11)5-8-12(17)15-13-16-14-9-19-13/h3-9H,2H2,1H3,(H,15,16,17)/b8-5+. The summed E-state index contributed by atoms with van der Waals surface area (Å²) in [5, 5.41) is 10.5. The molecule has 0 bridgehead atoms. The Morgan fingerprint density at radius 3 is 2.84 bits per heavy atom. The van der Waals surface area contributed by atoms with Crippen LogP contribution in [0.5, 0.6) is 5.75 Å². The fourth-order valence-electron chi connectivity index (χ4n) is 1.39. The van der Waals surface area contributed by atoms with Gasteiger partial charge in [-0.05, 0) is 30.7 Å². The molecule has 1 N–H and O–H groups in total. The Labute approximate surface area is 114 Å². The molecule has 5 nitrogen and oxygen atoms in total. The van der Waals surface area contributed by atoms with Crippen LogP contribution in [0.25, 0.3) is 6.08 Å². The minimum absolute atomic E-state index is 0.231. The monoisotopic (exact) mass is 275 g/mol. The summed E-state index contributed by atoms with van der Waals surface area (Å²) in [6, 6.07) is 7.51. The molecule has 0 spiro atoms. The van der Waals surface area contributed by atoms with Crippen LogP contribution in [0, 0.1) is 0 Å². The number of ether oxygens (including phenoxy) is 1. The minimum atomic E-state index is -0.231. The van der Waals surface area contributed by atoms with Gasteiger partial charge in [0.05, 0.1) is 6.61 Å². The summed E-state index contributed by atoms with van der Waals surface area (Å²) in [6.07, 6.45) is 3.18. The summed E-state index contributed by atoms with van der Waals surface area (Å²) < 4.78 is 5.34. The first kappa shape index (κ1) is 13.2. The highest BCUT2D eigenvalue weighted by atomic mass is 32.1. The summed E-state index contributed by atoms with van der Waals surface area (Å²) in [4.78, 5) is 11.6. The molecule has 98 valence electrons. The number of hydrogen-bond donors (Lipinski definition) is 1. The largest absolute Gasteiger partial charge is 0.494 e. The molecule has 0 radical (unpaired) electrons. The van der Waals surface area contributed by atoms with Crippen LogP contribution in [0.4, 0.5) is 5.13 Å². The molecule has 0 fully saturated rings. The minimum Gasteiger partial charge on any atom is -0.494 e. The SMILES string of the molecule is CCOc1ccc(/C=C/C(=O)Nc2nncs2)cc1. The lowest BCUT2D eigenvalue weighted by Gasteiger charge is -2.02. The van der Waals surface area contributed by atoms with Crippen LogP contribution in [-0.4, -0.2) is 22.7 Å². The van der Waals surface area contributed by atoms with Crippen LogP contribution in [0.2, 0.25) is 0 Å². The molecule has 0 aliphatic heterocycles. The highest BCUT2D eigenvalue weighted by Crippen LogP contribution is 2.13. The van der Waals surface area contributed by atoms with Gasteiger partial charge in [0, 0.05) is 6.08 Å². The van der Waals surface area contributed by atoms with E-state index in [1.54, 1.807) is 11.6 Å². The summed E-state index contributed by atoms with van der Waals surface area (Å²) in [6.45, 7) is 2.57. The Morgan fingerprint density at radius 1 is 1.42 bits per heavy atom. The van der Waals surface area contributed by atoms with Crippen molar-refractivity contribution in [2.24, 2.45) is 0 Å². The molecule has 19 heavy (non-hydrogen) atoms. The van der Waals surface area contributed by atoms with E-state index in [1.165, 1.54) is 17.4 Å². The summed E-state index contributed by atoms with van der Waals surface area (Å²) >= 11 is 1.28. The second kappa shape index (κ2) is 6.65. The number of amides is 1. The molecule has 0 saturated carbocycles. The van der Waals surface area contributed by atoms with Gasteiger partial charge in [-0.2, -0.15) is 0 Å². The summed E-state index contributed by atoms with van der Waals surface area (Å²) in [5.74, 6) is 0.587. The van der Waals surface area contributed by atoms with Gasteiger partial charge in [0.15, 0.2) is 0 Å². The topological polar surface area (TPSA) is 64.1 Å². The van der Waals surface area contributed by atoms with Crippen LogP contribution < -0.4 is 10.1 Å². The van der Waals surface area contributed by atoms with Gasteiger partial charge in [0.25, 0.3) is 0 Å². The average molecular weight is 275 g/mol. The van der Waals surface area contributed by atoms with E-state index in [0.717, 1.165) is 11.3 Å². The lowest BCUT2D eigenvalue weighted by atomic mass is 10.2. The quantitative estimate of drug-likeness (QED) is 0.852. The molecule has 1 aromatic carbocycles. The van der Waals surface area contributed by atoms with E-state index in [-0.39, 0.29) is 5.91 Å². The molecule has 0 saturated heterocycles. The predicted octanol–water partition coefficient (Wildman–Crippen LogP) is 2.59. The van der Waals surface area contributed by atoms with E-state index in [1.807, 2.05) is 31.2 Å². The summed E-state index contributed by atoms with van der Waals surface area (Å²) in [7, 11) is 0. The molecule has 0 atom stereocenters. The van der Waals surface area contributed by atoms with Crippen LogP contribution in [0.1, 0.15) is 12.5 Å². The molecule has 0 unspecified atom stereocenters. The van der Waals surface area contributed by atoms with Gasteiger partial charge in [0.1, 0.15) is 11.3 Å². The molecule has 6 heteroatoms. The van der Waals surface area contributed by atoms with Crippen LogP contribution in [0.15, 0.2) is 35.9 Å². The van der Waals surface area contributed by atoms with Crippen molar-refractivity contribution in [2.45, 2.75) is 6.92 Å². The normalized spacial score (nSPS) is 10.6. The van der Waals surface area contributed by atoms with Gasteiger partial charge in [-0.15, -0.1) is 10.2 Å². The number of aromatic nitrogens is 2. The maximum atomic E-state index is 11.6. The Kier molecular flexibility index (Phi) is 4.63. The molecular weight excluding hydrogens is 262 g/mol. The van der Waals surface area contributed by atoms with E-state index in [2.05, 4.69) is 15.5 Å². The van der Waals surface area contributed by atoms with E-state index in [0.29, 0.717) is 11.7 Å². The first-order valence-corrected chi connectivity index (χ1v) is 6.64. The second-order valence-corrected chi connectivity index (χ2v) is 4.40. The van der Waals surface area contributed by atoms with Crippen molar-refractivity contribution >= 4 is 28.5 Å². The van der Waals surface area contributed by atoms with Gasteiger partial charge in [-0.25, -0.2) is 0 Å². The number of benzene rings is 1. The zero-order valence-electron chi connectivity index (χ0n) is 10.4. The Hall–Kier alpha value is -2.21. The molecule has 1 amide bonds. The first-order chi connectivity index (χ1) is 9.28. The molecule has 1 heterocycles. The van der Waals surface area contributed by atoms with Gasteiger partial charge < -0.3 is 4.74 Å². The number of nitrogens with one attached hydrogen (secondary N) is 1.